The van der Waals surface area contributed by atoms with Gasteiger partial charge in [0.2, 0.25) is 0 Å². The Morgan fingerprint density at radius 3 is 2.19 bits per heavy atom. The smallest absolute Gasteiger partial charge is 0.415 e. The van der Waals surface area contributed by atoms with E-state index in [0.717, 1.165) is 39.3 Å². The molecule has 0 N–H and O–H groups in total. The number of ether oxygens (including phenoxy) is 3. The minimum absolute atomic E-state index is 0.199. The van der Waals surface area contributed by atoms with Crippen molar-refractivity contribution in [1.29, 1.82) is 0 Å². The van der Waals surface area contributed by atoms with Crippen LogP contribution in [0, 0.1) is 20.8 Å². The van der Waals surface area contributed by atoms with E-state index in [9.17, 15) is 4.79 Å². The molecule has 8 heteroatoms. The topological polar surface area (TPSA) is 95.0 Å². The van der Waals surface area contributed by atoms with E-state index in [4.69, 9.17) is 23.8 Å². The Morgan fingerprint density at radius 2 is 1.62 bits per heavy atom. The van der Waals surface area contributed by atoms with Crippen LogP contribution >= 0.6 is 0 Å². The fourth-order valence-electron chi connectivity index (χ4n) is 3.91. The molecule has 0 atom stereocenters. The van der Waals surface area contributed by atoms with E-state index in [1.165, 1.54) is 0 Å². The van der Waals surface area contributed by atoms with Crippen LogP contribution in [-0.4, -0.2) is 37.0 Å². The zero-order valence-corrected chi connectivity index (χ0v) is 22.7. The van der Waals surface area contributed by atoms with Gasteiger partial charge in [0, 0.05) is 17.3 Å². The third-order valence-corrected chi connectivity index (χ3v) is 5.60. The van der Waals surface area contributed by atoms with E-state index in [1.54, 1.807) is 25.3 Å². The maximum Gasteiger partial charge on any atom is 0.415 e. The molecule has 8 nitrogen and oxygen atoms in total. The number of aryl methyl sites for hydroxylation is 2. The first-order valence-corrected chi connectivity index (χ1v) is 11.7. The van der Waals surface area contributed by atoms with E-state index in [0.29, 0.717) is 11.4 Å². The lowest BCUT2D eigenvalue weighted by molar-refractivity contribution is -0.191. The molecule has 3 aromatic rings. The van der Waals surface area contributed by atoms with Crippen molar-refractivity contribution in [3.05, 3.63) is 71.0 Å². The van der Waals surface area contributed by atoms with Crippen LogP contribution in [0.4, 0.5) is 10.5 Å². The Bertz CT molecular complexity index is 1270. The third kappa shape index (κ3) is 7.41. The van der Waals surface area contributed by atoms with E-state index >= 15 is 0 Å². The Balaban J connectivity index is 0.00000153. The molecule has 0 spiro atoms. The zero-order valence-electron chi connectivity index (χ0n) is 22.7. The number of benzene rings is 2. The van der Waals surface area contributed by atoms with Crippen molar-refractivity contribution in [1.82, 2.24) is 4.98 Å². The molecule has 0 aliphatic carbocycles. The number of hydrogen-bond acceptors (Lipinski definition) is 7. The van der Waals surface area contributed by atoms with Crippen molar-refractivity contribution >= 4 is 17.9 Å². The zero-order chi connectivity index (χ0) is 27.8. The van der Waals surface area contributed by atoms with Crippen molar-refractivity contribution in [2.75, 3.05) is 19.1 Å². The van der Waals surface area contributed by atoms with Gasteiger partial charge >= 0.3 is 12.2 Å². The first kappa shape index (κ1) is 29.1. The molecule has 196 valence electrons. The minimum atomic E-state index is -0.663. The van der Waals surface area contributed by atoms with Gasteiger partial charge in [0.15, 0.2) is 0 Å². The average Bonchev–Trinajstić information content (AvgIpc) is 2.83. The van der Waals surface area contributed by atoms with Gasteiger partial charge in [-0.2, -0.15) is 9.59 Å². The van der Waals surface area contributed by atoms with Gasteiger partial charge < -0.3 is 14.2 Å². The molecule has 0 radical (unpaired) electrons. The van der Waals surface area contributed by atoms with Crippen LogP contribution in [0.2, 0.25) is 0 Å². The van der Waals surface area contributed by atoms with Crippen LogP contribution in [-0.2, 0) is 20.9 Å². The highest BCUT2D eigenvalue weighted by Crippen LogP contribution is 2.37. The van der Waals surface area contributed by atoms with E-state index in [1.807, 2.05) is 65.0 Å². The van der Waals surface area contributed by atoms with Crippen LogP contribution in [0.1, 0.15) is 43.2 Å². The molecule has 0 saturated heterocycles. The highest BCUT2D eigenvalue weighted by Gasteiger charge is 2.28. The molecular weight excluding hydrogens is 472 g/mol. The van der Waals surface area contributed by atoms with E-state index in [2.05, 4.69) is 24.0 Å². The fourth-order valence-corrected chi connectivity index (χ4v) is 3.91. The molecule has 1 aromatic heterocycles. The normalized spacial score (nSPS) is 10.5. The van der Waals surface area contributed by atoms with Crippen molar-refractivity contribution in [2.45, 2.75) is 53.7 Å². The minimum Gasteiger partial charge on any atom is -0.496 e. The summed E-state index contributed by atoms with van der Waals surface area (Å²) in [7, 11) is 3.23. The first-order chi connectivity index (χ1) is 17.5. The van der Waals surface area contributed by atoms with Gasteiger partial charge in [-0.25, -0.2) is 4.79 Å². The predicted molar refractivity (Wildman–Crippen MR) is 141 cm³/mol. The molecule has 0 fully saturated rings. The van der Waals surface area contributed by atoms with Gasteiger partial charge in [-0.05, 0) is 70.4 Å². The molecule has 0 aliphatic rings. The van der Waals surface area contributed by atoms with Gasteiger partial charge in [0.05, 0.1) is 32.1 Å². The lowest BCUT2D eigenvalue weighted by atomic mass is 9.99. The maximum absolute atomic E-state index is 13.5. The van der Waals surface area contributed by atoms with Gasteiger partial charge in [-0.1, -0.05) is 30.3 Å². The Hall–Kier alpha value is -4.16. The van der Waals surface area contributed by atoms with Crippen LogP contribution in [0.25, 0.3) is 11.1 Å². The number of nitrogens with zero attached hydrogens (tertiary/aromatic N) is 2. The van der Waals surface area contributed by atoms with Crippen molar-refractivity contribution < 1.29 is 28.6 Å². The number of amides is 1. The molecule has 1 amide bonds. The fraction of sp³-hybridized carbons (Fsp3) is 0.345. The summed E-state index contributed by atoms with van der Waals surface area (Å²) in [5.74, 6) is 1.33. The summed E-state index contributed by atoms with van der Waals surface area (Å²) in [5.41, 5.74) is 5.69. The summed E-state index contributed by atoms with van der Waals surface area (Å²) < 4.78 is 17.0. The predicted octanol–water partition coefficient (Wildman–Crippen LogP) is 6.05. The second-order valence-corrected chi connectivity index (χ2v) is 9.40. The van der Waals surface area contributed by atoms with Crippen LogP contribution < -0.4 is 14.4 Å². The second kappa shape index (κ2) is 12.7. The summed E-state index contributed by atoms with van der Waals surface area (Å²) >= 11 is 0. The number of carbonyl (C=O) groups excluding carboxylic acids is 3. The van der Waals surface area contributed by atoms with Gasteiger partial charge in [-0.15, -0.1) is 0 Å². The van der Waals surface area contributed by atoms with Gasteiger partial charge in [0.25, 0.3) is 0 Å². The highest BCUT2D eigenvalue weighted by molar-refractivity contribution is 5.91. The molecule has 3 rings (SSSR count). The van der Waals surface area contributed by atoms with Crippen molar-refractivity contribution in [3.63, 3.8) is 0 Å². The summed E-state index contributed by atoms with van der Waals surface area (Å²) in [4.78, 5) is 35.9. The van der Waals surface area contributed by atoms with Crippen molar-refractivity contribution in [2.24, 2.45) is 0 Å². The number of aromatic nitrogens is 1. The second-order valence-electron chi connectivity index (χ2n) is 9.40. The molecule has 0 bridgehead atoms. The molecule has 37 heavy (non-hydrogen) atoms. The number of hydrogen-bond donors (Lipinski definition) is 0. The third-order valence-electron chi connectivity index (χ3n) is 5.60. The lowest BCUT2D eigenvalue weighted by Crippen LogP contribution is -2.37. The molecule has 0 aliphatic heterocycles. The summed E-state index contributed by atoms with van der Waals surface area (Å²) in [6, 6.07) is 14.0. The summed E-state index contributed by atoms with van der Waals surface area (Å²) in [6.45, 7) is 11.7. The summed E-state index contributed by atoms with van der Waals surface area (Å²) in [5, 5.41) is 0. The van der Waals surface area contributed by atoms with E-state index < -0.39 is 11.7 Å². The van der Waals surface area contributed by atoms with Crippen molar-refractivity contribution in [3.8, 4) is 22.6 Å². The van der Waals surface area contributed by atoms with Crippen LogP contribution in [0.3, 0.4) is 0 Å². The van der Waals surface area contributed by atoms with Crippen LogP contribution in [0.5, 0.6) is 11.5 Å². The average molecular weight is 507 g/mol. The molecular formula is C29H34N2O6. The first-order valence-electron chi connectivity index (χ1n) is 11.7. The number of methoxy groups -OCH3 is 2. The monoisotopic (exact) mass is 506 g/mol. The van der Waals surface area contributed by atoms with Gasteiger partial charge in [-0.3, -0.25) is 9.88 Å². The summed E-state index contributed by atoms with van der Waals surface area (Å²) in [6.07, 6.45) is 1.53. The SMILES string of the molecule is COc1ccc(-c2ccccc2C)cc1N(Cc1ncc(C)c(OC)c1C)C(=O)OC(C)(C)C.O=C=O. The molecule has 2 aromatic carbocycles. The maximum atomic E-state index is 13.5. The van der Waals surface area contributed by atoms with Crippen LogP contribution in [0.15, 0.2) is 48.7 Å². The lowest BCUT2D eigenvalue weighted by Gasteiger charge is -2.29. The Morgan fingerprint density at radius 1 is 0.973 bits per heavy atom. The Kier molecular flexibility index (Phi) is 9.98. The largest absolute Gasteiger partial charge is 0.496 e. The molecule has 0 unspecified atom stereocenters. The van der Waals surface area contributed by atoms with E-state index in [-0.39, 0.29) is 12.7 Å². The Labute approximate surface area is 218 Å². The number of carbonyl (C=O) groups is 1. The number of anilines is 1. The van der Waals surface area contributed by atoms with Gasteiger partial charge in [0.1, 0.15) is 17.1 Å². The quantitative estimate of drug-likeness (QED) is 0.402. The standard InChI is InChI=1S/C28H34N2O4.CO2/c1-18-11-9-10-12-22(18)21-13-14-25(32-7)24(15-21)30(27(31)34-28(4,5)6)17-23-20(3)26(33-8)19(2)16-29-23;2-1-3/h9-16H,17H2,1-8H3;. The number of pyridine rings is 1. The highest BCUT2D eigenvalue weighted by atomic mass is 16.6. The molecule has 0 saturated carbocycles. The number of rotatable bonds is 6. The molecule has 1 heterocycles.